The summed E-state index contributed by atoms with van der Waals surface area (Å²) in [5, 5.41) is 6.75. The van der Waals surface area contributed by atoms with Gasteiger partial charge < -0.3 is 15.5 Å². The summed E-state index contributed by atoms with van der Waals surface area (Å²) >= 11 is 0. The van der Waals surface area contributed by atoms with Crippen molar-refractivity contribution in [2.24, 2.45) is 4.99 Å². The number of halogens is 1. The van der Waals surface area contributed by atoms with Gasteiger partial charge in [0.2, 0.25) is 0 Å². The van der Waals surface area contributed by atoms with Crippen molar-refractivity contribution in [1.29, 1.82) is 0 Å². The van der Waals surface area contributed by atoms with E-state index < -0.39 is 0 Å². The maximum Gasteiger partial charge on any atom is 0.191 e. The highest BCUT2D eigenvalue weighted by Gasteiger charge is 2.22. The number of aliphatic imine (C=N–C) groups is 1. The molecule has 2 N–H and O–H groups in total. The van der Waals surface area contributed by atoms with Crippen molar-refractivity contribution in [3.8, 4) is 0 Å². The van der Waals surface area contributed by atoms with Crippen molar-refractivity contribution in [2.75, 3.05) is 50.7 Å². The van der Waals surface area contributed by atoms with Gasteiger partial charge in [-0.1, -0.05) is 0 Å². The summed E-state index contributed by atoms with van der Waals surface area (Å²) in [6, 6.07) is 7.42. The Morgan fingerprint density at radius 3 is 2.50 bits per heavy atom. The van der Waals surface area contributed by atoms with Crippen molar-refractivity contribution in [2.45, 2.75) is 25.8 Å². The number of hydrogen-bond acceptors (Lipinski definition) is 3. The summed E-state index contributed by atoms with van der Waals surface area (Å²) in [6.45, 7) is 8.81. The third kappa shape index (κ3) is 5.09. The van der Waals surface area contributed by atoms with Gasteiger partial charge >= 0.3 is 0 Å². The van der Waals surface area contributed by atoms with Gasteiger partial charge in [0.25, 0.3) is 0 Å². The van der Waals surface area contributed by atoms with Gasteiger partial charge in [-0.2, -0.15) is 0 Å². The van der Waals surface area contributed by atoms with Crippen molar-refractivity contribution in [3.63, 3.8) is 0 Å². The number of benzene rings is 1. The van der Waals surface area contributed by atoms with Gasteiger partial charge in [0.1, 0.15) is 5.82 Å². The van der Waals surface area contributed by atoms with E-state index in [-0.39, 0.29) is 5.82 Å². The lowest BCUT2D eigenvalue weighted by atomic mass is 10.2. The molecule has 1 aliphatic heterocycles. The average molecular weight is 333 g/mol. The molecule has 1 aromatic rings. The average Bonchev–Trinajstić information content (AvgIpc) is 3.40. The fourth-order valence-electron chi connectivity index (χ4n) is 2.93. The van der Waals surface area contributed by atoms with Gasteiger partial charge in [0.15, 0.2) is 5.96 Å². The third-order valence-corrected chi connectivity index (χ3v) is 4.51. The lowest BCUT2D eigenvalue weighted by Crippen LogP contribution is -2.47. The third-order valence-electron chi connectivity index (χ3n) is 4.51. The molecular weight excluding hydrogens is 305 g/mol. The van der Waals surface area contributed by atoms with Crippen LogP contribution in [-0.4, -0.2) is 62.7 Å². The summed E-state index contributed by atoms with van der Waals surface area (Å²) in [6.07, 6.45) is 2.52. The Kier molecular flexibility index (Phi) is 5.91. The van der Waals surface area contributed by atoms with E-state index in [9.17, 15) is 4.39 Å². The maximum atomic E-state index is 13.0. The van der Waals surface area contributed by atoms with Crippen LogP contribution in [0.5, 0.6) is 0 Å². The second-order valence-corrected chi connectivity index (χ2v) is 6.48. The van der Waals surface area contributed by atoms with E-state index in [4.69, 9.17) is 0 Å². The largest absolute Gasteiger partial charge is 0.369 e. The number of hydrogen-bond donors (Lipinski definition) is 2. The van der Waals surface area contributed by atoms with Crippen LogP contribution in [0.15, 0.2) is 29.3 Å². The molecule has 0 aromatic heterocycles. The highest BCUT2D eigenvalue weighted by Crippen LogP contribution is 2.18. The molecule has 132 valence electrons. The standard InChI is InChI=1S/C18H28FN5/c1-2-20-18(22-16-5-6-16)21-9-10-23-11-13-24(14-12-23)17-7-3-15(19)4-8-17/h3-4,7-8,16H,2,5-6,9-14H2,1H3,(H2,20,21,22). The van der Waals surface area contributed by atoms with Crippen LogP contribution in [0.25, 0.3) is 0 Å². The minimum atomic E-state index is -0.174. The predicted octanol–water partition coefficient (Wildman–Crippen LogP) is 1.67. The molecule has 3 rings (SSSR count). The van der Waals surface area contributed by atoms with Gasteiger partial charge in [-0.3, -0.25) is 9.89 Å². The van der Waals surface area contributed by atoms with Crippen LogP contribution >= 0.6 is 0 Å². The molecular formula is C18H28FN5. The first kappa shape index (κ1) is 17.0. The zero-order valence-corrected chi connectivity index (χ0v) is 14.5. The Bertz CT molecular complexity index is 533. The van der Waals surface area contributed by atoms with E-state index in [1.54, 1.807) is 0 Å². The van der Waals surface area contributed by atoms with Crippen molar-refractivity contribution < 1.29 is 4.39 Å². The SMILES string of the molecule is CCNC(=NCCN1CCN(c2ccc(F)cc2)CC1)NC1CC1. The van der Waals surface area contributed by atoms with E-state index in [0.717, 1.165) is 57.5 Å². The molecule has 6 heteroatoms. The normalized spacial score (nSPS) is 19.4. The highest BCUT2D eigenvalue weighted by molar-refractivity contribution is 5.80. The van der Waals surface area contributed by atoms with E-state index in [2.05, 4.69) is 32.3 Å². The fraction of sp³-hybridized carbons (Fsp3) is 0.611. The Morgan fingerprint density at radius 2 is 1.88 bits per heavy atom. The summed E-state index contributed by atoms with van der Waals surface area (Å²) in [4.78, 5) is 9.44. The minimum absolute atomic E-state index is 0.174. The Hall–Kier alpha value is -1.82. The van der Waals surface area contributed by atoms with Crippen LogP contribution in [0.4, 0.5) is 10.1 Å². The Morgan fingerprint density at radius 1 is 1.17 bits per heavy atom. The molecule has 0 radical (unpaired) electrons. The highest BCUT2D eigenvalue weighted by atomic mass is 19.1. The van der Waals surface area contributed by atoms with Crippen molar-refractivity contribution >= 4 is 11.6 Å². The lowest BCUT2D eigenvalue weighted by molar-refractivity contribution is 0.265. The van der Waals surface area contributed by atoms with Crippen LogP contribution in [0, 0.1) is 5.82 Å². The van der Waals surface area contributed by atoms with Crippen molar-refractivity contribution in [3.05, 3.63) is 30.1 Å². The van der Waals surface area contributed by atoms with Crippen LogP contribution in [0.2, 0.25) is 0 Å². The summed E-state index contributed by atoms with van der Waals surface area (Å²) in [5.74, 6) is 0.775. The Balaban J connectivity index is 1.40. The zero-order valence-electron chi connectivity index (χ0n) is 14.5. The van der Waals surface area contributed by atoms with E-state index >= 15 is 0 Å². The molecule has 2 aliphatic rings. The topological polar surface area (TPSA) is 42.9 Å². The first-order valence-electron chi connectivity index (χ1n) is 9.02. The summed E-state index contributed by atoms with van der Waals surface area (Å²) < 4.78 is 13.0. The maximum absolute atomic E-state index is 13.0. The van der Waals surface area contributed by atoms with Gasteiger partial charge in [-0.25, -0.2) is 4.39 Å². The monoisotopic (exact) mass is 333 g/mol. The predicted molar refractivity (Wildman–Crippen MR) is 97.2 cm³/mol. The summed E-state index contributed by atoms with van der Waals surface area (Å²) in [7, 11) is 0. The van der Waals surface area contributed by atoms with E-state index in [1.807, 2.05) is 12.1 Å². The fourth-order valence-corrected chi connectivity index (χ4v) is 2.93. The number of piperazine rings is 1. The van der Waals surface area contributed by atoms with E-state index in [1.165, 1.54) is 25.0 Å². The number of rotatable bonds is 6. The van der Waals surface area contributed by atoms with Crippen LogP contribution < -0.4 is 15.5 Å². The molecule has 0 spiro atoms. The molecule has 1 aromatic carbocycles. The first-order valence-corrected chi connectivity index (χ1v) is 9.02. The van der Waals surface area contributed by atoms with Crippen LogP contribution in [0.3, 0.4) is 0 Å². The molecule has 5 nitrogen and oxygen atoms in total. The van der Waals surface area contributed by atoms with Gasteiger partial charge in [0, 0.05) is 51.0 Å². The van der Waals surface area contributed by atoms with Crippen LogP contribution in [-0.2, 0) is 0 Å². The van der Waals surface area contributed by atoms with Gasteiger partial charge in [-0.15, -0.1) is 0 Å². The molecule has 1 saturated heterocycles. The van der Waals surface area contributed by atoms with E-state index in [0.29, 0.717) is 6.04 Å². The zero-order chi connectivity index (χ0) is 16.8. The smallest absolute Gasteiger partial charge is 0.191 e. The molecule has 0 atom stereocenters. The number of nitrogens with zero attached hydrogens (tertiary/aromatic N) is 3. The number of nitrogens with one attached hydrogen (secondary N) is 2. The Labute approximate surface area is 143 Å². The second kappa shape index (κ2) is 8.33. The first-order chi connectivity index (χ1) is 11.7. The number of guanidine groups is 1. The minimum Gasteiger partial charge on any atom is -0.369 e. The van der Waals surface area contributed by atoms with Crippen LogP contribution in [0.1, 0.15) is 19.8 Å². The molecule has 24 heavy (non-hydrogen) atoms. The summed E-state index contributed by atoms with van der Waals surface area (Å²) in [5.41, 5.74) is 1.11. The van der Waals surface area contributed by atoms with Crippen molar-refractivity contribution in [1.82, 2.24) is 15.5 Å². The van der Waals surface area contributed by atoms with Gasteiger partial charge in [-0.05, 0) is 44.0 Å². The lowest BCUT2D eigenvalue weighted by Gasteiger charge is -2.35. The molecule has 2 fully saturated rings. The molecule has 0 bridgehead atoms. The molecule has 0 amide bonds. The molecule has 1 heterocycles. The molecule has 0 unspecified atom stereocenters. The quantitative estimate of drug-likeness (QED) is 0.614. The van der Waals surface area contributed by atoms with Gasteiger partial charge in [0.05, 0.1) is 6.54 Å². The molecule has 1 aliphatic carbocycles. The second-order valence-electron chi connectivity index (χ2n) is 6.48. The molecule has 1 saturated carbocycles. The number of anilines is 1.